The number of benzene rings is 2. The number of anilines is 1. The first-order valence-corrected chi connectivity index (χ1v) is 11.0. The van der Waals surface area contributed by atoms with Crippen LogP contribution in [0.5, 0.6) is 5.75 Å². The van der Waals surface area contributed by atoms with E-state index in [1.807, 2.05) is 37.3 Å². The molecule has 6 nitrogen and oxygen atoms in total. The van der Waals surface area contributed by atoms with Crippen molar-refractivity contribution in [3.05, 3.63) is 76.9 Å². The number of hydrogen-bond acceptors (Lipinski definition) is 7. The third-order valence-corrected chi connectivity index (χ3v) is 5.99. The molecule has 3 aromatic rings. The smallest absolute Gasteiger partial charge is 0.337 e. The van der Waals surface area contributed by atoms with Crippen molar-refractivity contribution in [1.82, 2.24) is 0 Å². The molecule has 32 heavy (non-hydrogen) atoms. The normalized spacial score (nSPS) is 14.8. The largest absolute Gasteiger partial charge is 0.494 e. The van der Waals surface area contributed by atoms with E-state index in [9.17, 15) is 9.59 Å². The molecule has 1 fully saturated rings. The average Bonchev–Trinajstić information content (AvgIpc) is 3.38. The molecule has 4 rings (SSSR count). The summed E-state index contributed by atoms with van der Waals surface area (Å²) in [6.45, 7) is 2.49. The van der Waals surface area contributed by atoms with E-state index in [2.05, 4.69) is 0 Å². The Morgan fingerprint density at radius 2 is 1.81 bits per heavy atom. The molecule has 0 bridgehead atoms. The number of amides is 1. The summed E-state index contributed by atoms with van der Waals surface area (Å²) in [5.74, 6) is 1.29. The van der Waals surface area contributed by atoms with E-state index in [0.29, 0.717) is 38.6 Å². The second-order valence-corrected chi connectivity index (χ2v) is 8.39. The highest BCUT2D eigenvalue weighted by Crippen LogP contribution is 2.37. The second-order valence-electron chi connectivity index (χ2n) is 6.71. The number of ether oxygens (including phenoxy) is 2. The number of nitrogens with zero attached hydrogens (tertiary/aromatic N) is 1. The lowest BCUT2D eigenvalue weighted by Gasteiger charge is -2.15. The van der Waals surface area contributed by atoms with Crippen LogP contribution in [0.1, 0.15) is 23.0 Å². The minimum atomic E-state index is -0.397. The van der Waals surface area contributed by atoms with Gasteiger partial charge in [0, 0.05) is 11.6 Å². The fourth-order valence-corrected chi connectivity index (χ4v) is 4.43. The van der Waals surface area contributed by atoms with Crippen LogP contribution in [0.2, 0.25) is 0 Å². The SMILES string of the molecule is CCOc1ccc(N2C(=O)/C(=C\c3ccc(-c4ccc(C(=O)OC)cc4)o3)SC2=S)cc1. The van der Waals surface area contributed by atoms with Crippen LogP contribution in [0.15, 0.2) is 70.0 Å². The van der Waals surface area contributed by atoms with Crippen molar-refractivity contribution in [2.45, 2.75) is 6.92 Å². The number of furan rings is 1. The predicted octanol–water partition coefficient (Wildman–Crippen LogP) is 5.54. The fourth-order valence-electron chi connectivity index (χ4n) is 3.15. The van der Waals surface area contributed by atoms with Crippen LogP contribution in [0.4, 0.5) is 5.69 Å². The molecule has 0 atom stereocenters. The Bertz CT molecular complexity index is 1200. The maximum atomic E-state index is 13.0. The summed E-state index contributed by atoms with van der Waals surface area (Å²) in [4.78, 5) is 26.5. The van der Waals surface area contributed by atoms with E-state index in [-0.39, 0.29) is 5.91 Å². The molecule has 2 heterocycles. The number of methoxy groups -OCH3 is 1. The third kappa shape index (κ3) is 4.46. The first-order chi connectivity index (χ1) is 15.5. The highest BCUT2D eigenvalue weighted by molar-refractivity contribution is 8.27. The minimum Gasteiger partial charge on any atom is -0.494 e. The molecule has 1 aliphatic heterocycles. The molecule has 0 unspecified atom stereocenters. The van der Waals surface area contributed by atoms with Crippen LogP contribution in [0.25, 0.3) is 17.4 Å². The highest BCUT2D eigenvalue weighted by Gasteiger charge is 2.33. The summed E-state index contributed by atoms with van der Waals surface area (Å²) in [7, 11) is 1.34. The first-order valence-electron chi connectivity index (χ1n) is 9.79. The van der Waals surface area contributed by atoms with Crippen LogP contribution in [0.3, 0.4) is 0 Å². The number of thioether (sulfide) groups is 1. The molecule has 0 radical (unpaired) electrons. The number of hydrogen-bond donors (Lipinski definition) is 0. The summed E-state index contributed by atoms with van der Waals surface area (Å²) < 4.78 is 16.5. The zero-order chi connectivity index (χ0) is 22.7. The van der Waals surface area contributed by atoms with Gasteiger partial charge in [0.2, 0.25) is 0 Å². The molecule has 1 aliphatic rings. The lowest BCUT2D eigenvalue weighted by atomic mass is 10.1. The van der Waals surface area contributed by atoms with E-state index >= 15 is 0 Å². The lowest BCUT2D eigenvalue weighted by Crippen LogP contribution is -2.27. The Balaban J connectivity index is 1.52. The van der Waals surface area contributed by atoms with Gasteiger partial charge in [-0.15, -0.1) is 0 Å². The number of thiocarbonyl (C=S) groups is 1. The van der Waals surface area contributed by atoms with Gasteiger partial charge >= 0.3 is 5.97 Å². The van der Waals surface area contributed by atoms with Crippen molar-refractivity contribution >= 4 is 51.9 Å². The Hall–Kier alpha value is -3.36. The number of carbonyl (C=O) groups excluding carboxylic acids is 2. The van der Waals surface area contributed by atoms with E-state index in [1.54, 1.807) is 36.4 Å². The summed E-state index contributed by atoms with van der Waals surface area (Å²) in [5, 5.41) is 0. The molecule has 1 amide bonds. The number of esters is 1. The molecule has 1 saturated heterocycles. The van der Waals surface area contributed by atoms with Gasteiger partial charge < -0.3 is 13.9 Å². The molecule has 0 saturated carbocycles. The maximum absolute atomic E-state index is 13.0. The van der Waals surface area contributed by atoms with Crippen molar-refractivity contribution in [2.24, 2.45) is 0 Å². The quantitative estimate of drug-likeness (QED) is 0.269. The zero-order valence-corrected chi connectivity index (χ0v) is 19.0. The van der Waals surface area contributed by atoms with E-state index in [0.717, 1.165) is 11.3 Å². The van der Waals surface area contributed by atoms with Gasteiger partial charge in [-0.05, 0) is 55.5 Å². The topological polar surface area (TPSA) is 69.0 Å². The Kier molecular flexibility index (Phi) is 6.43. The Labute approximate surface area is 194 Å². The molecule has 0 spiro atoms. The van der Waals surface area contributed by atoms with E-state index in [4.69, 9.17) is 26.1 Å². The Morgan fingerprint density at radius 3 is 2.47 bits per heavy atom. The highest BCUT2D eigenvalue weighted by atomic mass is 32.2. The van der Waals surface area contributed by atoms with Gasteiger partial charge in [-0.25, -0.2) is 4.79 Å². The van der Waals surface area contributed by atoms with Crippen molar-refractivity contribution in [3.8, 4) is 17.1 Å². The van der Waals surface area contributed by atoms with Gasteiger partial charge in [-0.1, -0.05) is 36.1 Å². The number of rotatable bonds is 6. The molecular formula is C24H19NO5S2. The number of carbonyl (C=O) groups is 2. The zero-order valence-electron chi connectivity index (χ0n) is 17.4. The summed E-state index contributed by atoms with van der Waals surface area (Å²) in [5.41, 5.74) is 1.95. The van der Waals surface area contributed by atoms with Crippen molar-refractivity contribution in [3.63, 3.8) is 0 Å². The average molecular weight is 466 g/mol. The molecule has 1 aromatic heterocycles. The monoisotopic (exact) mass is 465 g/mol. The van der Waals surface area contributed by atoms with E-state index < -0.39 is 5.97 Å². The van der Waals surface area contributed by atoms with Crippen LogP contribution in [0, 0.1) is 0 Å². The first kappa shape index (κ1) is 21.9. The Morgan fingerprint density at radius 1 is 1.09 bits per heavy atom. The van der Waals surface area contributed by atoms with Gasteiger partial charge in [0.1, 0.15) is 17.3 Å². The molecule has 2 aromatic carbocycles. The van der Waals surface area contributed by atoms with Crippen molar-refractivity contribution in [2.75, 3.05) is 18.6 Å². The minimum absolute atomic E-state index is 0.204. The summed E-state index contributed by atoms with van der Waals surface area (Å²) in [6, 6.07) is 17.7. The third-order valence-electron chi connectivity index (χ3n) is 4.69. The van der Waals surface area contributed by atoms with Crippen LogP contribution in [-0.2, 0) is 9.53 Å². The van der Waals surface area contributed by atoms with Gasteiger partial charge in [-0.3, -0.25) is 9.69 Å². The molecule has 0 aliphatic carbocycles. The fraction of sp³-hybridized carbons (Fsp3) is 0.125. The van der Waals surface area contributed by atoms with Crippen LogP contribution < -0.4 is 9.64 Å². The second kappa shape index (κ2) is 9.42. The van der Waals surface area contributed by atoms with Crippen LogP contribution >= 0.6 is 24.0 Å². The molecule has 162 valence electrons. The molecule has 8 heteroatoms. The molecular weight excluding hydrogens is 446 g/mol. The van der Waals surface area contributed by atoms with Gasteiger partial charge in [0.25, 0.3) is 5.91 Å². The standard InChI is InChI=1S/C24H19NO5S2/c1-3-29-18-10-8-17(9-11-18)25-22(26)21(32-24(25)31)14-19-12-13-20(30-19)15-4-6-16(7-5-15)23(27)28-2/h4-14H,3H2,1-2H3/b21-14+. The summed E-state index contributed by atoms with van der Waals surface area (Å²) in [6.07, 6.45) is 1.68. The lowest BCUT2D eigenvalue weighted by molar-refractivity contribution is -0.113. The van der Waals surface area contributed by atoms with Crippen molar-refractivity contribution in [1.29, 1.82) is 0 Å². The van der Waals surface area contributed by atoms with Gasteiger partial charge in [0.05, 0.1) is 29.9 Å². The predicted molar refractivity (Wildman–Crippen MR) is 129 cm³/mol. The maximum Gasteiger partial charge on any atom is 0.337 e. The van der Waals surface area contributed by atoms with Gasteiger partial charge in [0.15, 0.2) is 4.32 Å². The van der Waals surface area contributed by atoms with E-state index in [1.165, 1.54) is 23.8 Å². The van der Waals surface area contributed by atoms with Crippen LogP contribution in [-0.4, -0.2) is 29.9 Å². The van der Waals surface area contributed by atoms with Gasteiger partial charge in [-0.2, -0.15) is 0 Å². The molecule has 0 N–H and O–H groups in total. The van der Waals surface area contributed by atoms with Crippen molar-refractivity contribution < 1.29 is 23.5 Å². The summed E-state index contributed by atoms with van der Waals surface area (Å²) >= 11 is 6.65.